The van der Waals surface area contributed by atoms with E-state index < -0.39 is 5.60 Å². The number of carbonyl (C=O) groups excluding carboxylic acids is 1. The number of rotatable bonds is 2. The summed E-state index contributed by atoms with van der Waals surface area (Å²) >= 11 is 1.54. The highest BCUT2D eigenvalue weighted by atomic mass is 32.1. The van der Waals surface area contributed by atoms with Gasteiger partial charge in [0.15, 0.2) is 5.01 Å². The van der Waals surface area contributed by atoms with Gasteiger partial charge in [0, 0.05) is 29.9 Å². The highest BCUT2D eigenvalue weighted by molar-refractivity contribution is 7.13. The minimum atomic E-state index is -0.461. The van der Waals surface area contributed by atoms with Crippen molar-refractivity contribution in [3.05, 3.63) is 15.6 Å². The molecule has 3 saturated carbocycles. The lowest BCUT2D eigenvalue weighted by molar-refractivity contribution is -0.0702. The summed E-state index contributed by atoms with van der Waals surface area (Å²) in [6, 6.07) is 0. The summed E-state index contributed by atoms with van der Waals surface area (Å²) in [7, 11) is 2.10. The standard InChI is InChI=1S/C16H23N3O2S/c1-19-9-2-11-12(10-19)22-14(17-11)13(20)18-15-3-6-16(21,7-4-15)8-5-15/h21H,2-10H2,1H3,(H,18,20). The molecule has 5 rings (SSSR count). The number of hydrogen-bond donors (Lipinski definition) is 2. The average molecular weight is 321 g/mol. The van der Waals surface area contributed by atoms with Crippen molar-refractivity contribution in [1.29, 1.82) is 0 Å². The Kier molecular flexibility index (Phi) is 3.33. The lowest BCUT2D eigenvalue weighted by atomic mass is 9.63. The van der Waals surface area contributed by atoms with Crippen molar-refractivity contribution in [3.8, 4) is 0 Å². The number of fused-ring (bicyclic) bond motifs is 4. The smallest absolute Gasteiger partial charge is 0.280 e. The van der Waals surface area contributed by atoms with Crippen molar-refractivity contribution < 1.29 is 9.90 Å². The maximum absolute atomic E-state index is 12.6. The van der Waals surface area contributed by atoms with Crippen LogP contribution in [0.1, 0.15) is 58.9 Å². The third-order valence-corrected chi connectivity index (χ3v) is 6.78. The third kappa shape index (κ3) is 2.47. The van der Waals surface area contributed by atoms with Crippen molar-refractivity contribution >= 4 is 17.2 Å². The van der Waals surface area contributed by atoms with Gasteiger partial charge < -0.3 is 15.3 Å². The van der Waals surface area contributed by atoms with Gasteiger partial charge in [-0.3, -0.25) is 4.79 Å². The number of likely N-dealkylation sites (N-methyl/N-ethyl adjacent to an activating group) is 1. The molecule has 0 unspecified atom stereocenters. The van der Waals surface area contributed by atoms with Crippen LogP contribution >= 0.6 is 11.3 Å². The van der Waals surface area contributed by atoms with Crippen LogP contribution in [0.5, 0.6) is 0 Å². The van der Waals surface area contributed by atoms with Crippen LogP contribution in [0.2, 0.25) is 0 Å². The van der Waals surface area contributed by atoms with E-state index >= 15 is 0 Å². The molecule has 1 aromatic heterocycles. The molecule has 22 heavy (non-hydrogen) atoms. The third-order valence-electron chi connectivity index (χ3n) is 5.70. The van der Waals surface area contributed by atoms with Crippen molar-refractivity contribution in [2.24, 2.45) is 0 Å². The first kappa shape index (κ1) is 14.6. The molecule has 120 valence electrons. The molecular formula is C16H23N3O2S. The van der Waals surface area contributed by atoms with Crippen LogP contribution in [-0.4, -0.2) is 45.6 Å². The Balaban J connectivity index is 1.49. The van der Waals surface area contributed by atoms with Gasteiger partial charge in [0.25, 0.3) is 5.91 Å². The maximum atomic E-state index is 12.6. The first-order chi connectivity index (χ1) is 10.5. The molecule has 1 amide bonds. The zero-order valence-corrected chi connectivity index (χ0v) is 13.8. The predicted molar refractivity (Wildman–Crippen MR) is 85.0 cm³/mol. The van der Waals surface area contributed by atoms with Crippen LogP contribution in [0.25, 0.3) is 0 Å². The minimum absolute atomic E-state index is 0.0191. The number of aromatic nitrogens is 1. The monoisotopic (exact) mass is 321 g/mol. The molecule has 0 aromatic carbocycles. The Morgan fingerprint density at radius 3 is 2.64 bits per heavy atom. The molecule has 5 nitrogen and oxygen atoms in total. The van der Waals surface area contributed by atoms with Crippen molar-refractivity contribution in [1.82, 2.24) is 15.2 Å². The van der Waals surface area contributed by atoms with Gasteiger partial charge in [0.1, 0.15) is 0 Å². The van der Waals surface area contributed by atoms with Gasteiger partial charge in [-0.1, -0.05) is 0 Å². The number of amides is 1. The number of nitrogens with one attached hydrogen (secondary N) is 1. The van der Waals surface area contributed by atoms with Crippen LogP contribution < -0.4 is 5.32 Å². The summed E-state index contributed by atoms with van der Waals surface area (Å²) in [5.74, 6) is -0.0191. The second-order valence-corrected chi connectivity index (χ2v) is 8.42. The SMILES string of the molecule is CN1CCc2nc(C(=O)NC34CCC(O)(CC3)CC4)sc2C1. The molecular weight excluding hydrogens is 298 g/mol. The predicted octanol–water partition coefficient (Wildman–Crippen LogP) is 1.70. The summed E-state index contributed by atoms with van der Waals surface area (Å²) < 4.78 is 0. The van der Waals surface area contributed by atoms with Gasteiger partial charge in [-0.05, 0) is 45.6 Å². The molecule has 3 fully saturated rings. The molecule has 0 spiro atoms. The molecule has 0 radical (unpaired) electrons. The summed E-state index contributed by atoms with van der Waals surface area (Å²) in [5.41, 5.74) is 0.536. The molecule has 2 heterocycles. The van der Waals surface area contributed by atoms with E-state index in [4.69, 9.17) is 0 Å². The molecule has 4 aliphatic rings. The number of carbonyl (C=O) groups is 1. The Hall–Kier alpha value is -0.980. The fourth-order valence-corrected chi connectivity index (χ4v) is 5.15. The first-order valence-electron chi connectivity index (χ1n) is 8.19. The van der Waals surface area contributed by atoms with Crippen molar-refractivity contribution in [2.45, 2.75) is 62.6 Å². The normalized spacial score (nSPS) is 34.5. The summed E-state index contributed by atoms with van der Waals surface area (Å²) in [5, 5.41) is 14.2. The summed E-state index contributed by atoms with van der Waals surface area (Å²) in [6.45, 7) is 1.92. The molecule has 0 saturated heterocycles. The topological polar surface area (TPSA) is 65.5 Å². The summed E-state index contributed by atoms with van der Waals surface area (Å²) in [6.07, 6.45) is 6.05. The van der Waals surface area contributed by atoms with Crippen molar-refractivity contribution in [2.75, 3.05) is 13.6 Å². The number of thiazole rings is 1. The van der Waals surface area contributed by atoms with E-state index in [1.54, 1.807) is 11.3 Å². The van der Waals surface area contributed by atoms with Gasteiger partial charge in [0.05, 0.1) is 11.3 Å². The first-order valence-corrected chi connectivity index (χ1v) is 9.01. The van der Waals surface area contributed by atoms with E-state index in [1.165, 1.54) is 4.88 Å². The molecule has 2 N–H and O–H groups in total. The lowest BCUT2D eigenvalue weighted by Crippen LogP contribution is -2.58. The lowest BCUT2D eigenvalue weighted by Gasteiger charge is -2.51. The molecule has 6 heteroatoms. The van der Waals surface area contributed by atoms with Crippen LogP contribution in [0, 0.1) is 0 Å². The van der Waals surface area contributed by atoms with E-state index in [2.05, 4.69) is 22.2 Å². The minimum Gasteiger partial charge on any atom is -0.390 e. The molecule has 3 aliphatic carbocycles. The number of aliphatic hydroxyl groups is 1. The Labute approximate surface area is 134 Å². The second kappa shape index (κ2) is 5.01. The van der Waals surface area contributed by atoms with Crippen LogP contribution in [0.15, 0.2) is 0 Å². The van der Waals surface area contributed by atoms with E-state index in [0.717, 1.165) is 63.7 Å². The van der Waals surface area contributed by atoms with Gasteiger partial charge in [-0.15, -0.1) is 11.3 Å². The van der Waals surface area contributed by atoms with E-state index in [0.29, 0.717) is 5.01 Å². The van der Waals surface area contributed by atoms with Crippen LogP contribution in [0.3, 0.4) is 0 Å². The molecule has 1 aliphatic heterocycles. The largest absolute Gasteiger partial charge is 0.390 e. The molecule has 2 bridgehead atoms. The van der Waals surface area contributed by atoms with Gasteiger partial charge >= 0.3 is 0 Å². The van der Waals surface area contributed by atoms with Crippen LogP contribution in [0.4, 0.5) is 0 Å². The van der Waals surface area contributed by atoms with Crippen LogP contribution in [-0.2, 0) is 13.0 Å². The zero-order chi connectivity index (χ0) is 15.4. The highest BCUT2D eigenvalue weighted by Gasteiger charge is 2.48. The maximum Gasteiger partial charge on any atom is 0.280 e. The van der Waals surface area contributed by atoms with Gasteiger partial charge in [-0.25, -0.2) is 4.98 Å². The summed E-state index contributed by atoms with van der Waals surface area (Å²) in [4.78, 5) is 20.7. The molecule has 0 atom stereocenters. The highest BCUT2D eigenvalue weighted by Crippen LogP contribution is 2.46. The number of hydrogen-bond acceptors (Lipinski definition) is 5. The zero-order valence-electron chi connectivity index (χ0n) is 13.0. The fourth-order valence-electron chi connectivity index (χ4n) is 4.07. The fraction of sp³-hybridized carbons (Fsp3) is 0.750. The quantitative estimate of drug-likeness (QED) is 0.870. The molecule has 1 aromatic rings. The number of nitrogens with zero attached hydrogens (tertiary/aromatic N) is 2. The van der Waals surface area contributed by atoms with E-state index in [-0.39, 0.29) is 11.4 Å². The Bertz CT molecular complexity index is 588. The van der Waals surface area contributed by atoms with Gasteiger partial charge in [0.2, 0.25) is 0 Å². The second-order valence-electron chi connectivity index (χ2n) is 7.34. The Morgan fingerprint density at radius 2 is 1.95 bits per heavy atom. The van der Waals surface area contributed by atoms with Gasteiger partial charge in [-0.2, -0.15) is 0 Å². The van der Waals surface area contributed by atoms with Crippen molar-refractivity contribution in [3.63, 3.8) is 0 Å². The van der Waals surface area contributed by atoms with E-state index in [9.17, 15) is 9.90 Å². The van der Waals surface area contributed by atoms with E-state index in [1.807, 2.05) is 0 Å². The Morgan fingerprint density at radius 1 is 1.27 bits per heavy atom. The average Bonchev–Trinajstić information content (AvgIpc) is 2.92.